The molecule has 1 heterocycles. The van der Waals surface area contributed by atoms with E-state index in [1.54, 1.807) is 0 Å². The molecule has 1 aromatic carbocycles. The molecule has 0 spiro atoms. The third kappa shape index (κ3) is 3.16. The predicted octanol–water partition coefficient (Wildman–Crippen LogP) is 3.83. The topological polar surface area (TPSA) is 38.3 Å². The standard InChI is InChI=1S/C10H7Cl2F2NO2.ClH/c11-6-1-5(2-7(12)3-6)8-10(13,14)4-17-9(16)15-8;/h1-3,8H,4H2,(H,15,16);1H/t8-;/m1./s1. The molecule has 18 heavy (non-hydrogen) atoms. The number of cyclic esters (lactones) is 1. The average Bonchev–Trinajstić information content (AvgIpc) is 2.20. The summed E-state index contributed by atoms with van der Waals surface area (Å²) in [5.41, 5.74) is 0.143. The Morgan fingerprint density at radius 3 is 2.39 bits per heavy atom. The van der Waals surface area contributed by atoms with Crippen LogP contribution in [0, 0.1) is 0 Å². The molecule has 0 aromatic heterocycles. The molecule has 0 bridgehead atoms. The van der Waals surface area contributed by atoms with Crippen LogP contribution in [0.25, 0.3) is 0 Å². The van der Waals surface area contributed by atoms with Crippen molar-refractivity contribution in [1.82, 2.24) is 5.32 Å². The highest BCUT2D eigenvalue weighted by molar-refractivity contribution is 6.34. The van der Waals surface area contributed by atoms with Gasteiger partial charge in [-0.2, -0.15) is 0 Å². The van der Waals surface area contributed by atoms with Crippen molar-refractivity contribution in [3.63, 3.8) is 0 Å². The lowest BCUT2D eigenvalue weighted by molar-refractivity contribution is -0.104. The number of carbonyl (C=O) groups is 1. The Balaban J connectivity index is 0.00000162. The molecular weight excluding hydrogens is 310 g/mol. The number of carbonyl (C=O) groups excluding carboxylic acids is 1. The number of amides is 1. The molecule has 1 saturated heterocycles. The van der Waals surface area contributed by atoms with Crippen LogP contribution in [0.3, 0.4) is 0 Å². The summed E-state index contributed by atoms with van der Waals surface area (Å²) >= 11 is 11.5. The van der Waals surface area contributed by atoms with E-state index in [2.05, 4.69) is 4.74 Å². The molecule has 0 unspecified atom stereocenters. The first kappa shape index (κ1) is 15.3. The first-order valence-electron chi connectivity index (χ1n) is 4.65. The van der Waals surface area contributed by atoms with Gasteiger partial charge in [-0.25, -0.2) is 13.6 Å². The van der Waals surface area contributed by atoms with Gasteiger partial charge in [-0.3, -0.25) is 0 Å². The highest BCUT2D eigenvalue weighted by Crippen LogP contribution is 2.36. The SMILES string of the molecule is Cl.O=C1N[C@H](c2cc(Cl)cc(Cl)c2)C(F)(F)CO1. The zero-order valence-corrected chi connectivity index (χ0v) is 11.1. The second-order valence-electron chi connectivity index (χ2n) is 3.62. The highest BCUT2D eigenvalue weighted by atomic mass is 35.5. The zero-order chi connectivity index (χ0) is 12.6. The lowest BCUT2D eigenvalue weighted by Crippen LogP contribution is -2.49. The highest BCUT2D eigenvalue weighted by Gasteiger charge is 2.46. The Bertz CT molecular complexity index is 450. The van der Waals surface area contributed by atoms with Gasteiger partial charge in [0.25, 0.3) is 0 Å². The van der Waals surface area contributed by atoms with Crippen LogP contribution in [-0.4, -0.2) is 18.6 Å². The minimum Gasteiger partial charge on any atom is -0.443 e. The van der Waals surface area contributed by atoms with Crippen molar-refractivity contribution in [2.24, 2.45) is 0 Å². The summed E-state index contributed by atoms with van der Waals surface area (Å²) in [5, 5.41) is 2.50. The molecule has 0 radical (unpaired) electrons. The molecule has 1 fully saturated rings. The van der Waals surface area contributed by atoms with Gasteiger partial charge in [0.15, 0.2) is 6.61 Å². The van der Waals surface area contributed by atoms with Crippen molar-refractivity contribution in [3.05, 3.63) is 33.8 Å². The first-order chi connectivity index (χ1) is 7.88. The van der Waals surface area contributed by atoms with Gasteiger partial charge in [0.1, 0.15) is 6.04 Å². The zero-order valence-electron chi connectivity index (χ0n) is 8.75. The molecule has 1 aliphatic heterocycles. The van der Waals surface area contributed by atoms with Crippen molar-refractivity contribution in [2.45, 2.75) is 12.0 Å². The number of halogens is 5. The van der Waals surface area contributed by atoms with E-state index in [1.807, 2.05) is 5.32 Å². The van der Waals surface area contributed by atoms with E-state index in [9.17, 15) is 13.6 Å². The summed E-state index contributed by atoms with van der Waals surface area (Å²) in [7, 11) is 0. The molecule has 0 aliphatic carbocycles. The van der Waals surface area contributed by atoms with E-state index < -0.39 is 24.7 Å². The lowest BCUT2D eigenvalue weighted by atomic mass is 10.0. The van der Waals surface area contributed by atoms with E-state index in [1.165, 1.54) is 18.2 Å². The van der Waals surface area contributed by atoms with Gasteiger partial charge in [0, 0.05) is 10.0 Å². The maximum atomic E-state index is 13.6. The summed E-state index contributed by atoms with van der Waals surface area (Å²) in [6.07, 6.45) is -0.892. The third-order valence-corrected chi connectivity index (χ3v) is 2.73. The van der Waals surface area contributed by atoms with E-state index in [4.69, 9.17) is 23.2 Å². The Labute approximate surface area is 118 Å². The average molecular weight is 319 g/mol. The first-order valence-corrected chi connectivity index (χ1v) is 5.41. The number of hydrogen-bond donors (Lipinski definition) is 1. The van der Waals surface area contributed by atoms with Gasteiger partial charge >= 0.3 is 12.0 Å². The van der Waals surface area contributed by atoms with Crippen LogP contribution in [0.5, 0.6) is 0 Å². The Morgan fingerprint density at radius 1 is 1.28 bits per heavy atom. The minimum atomic E-state index is -3.21. The molecule has 1 amide bonds. The molecule has 100 valence electrons. The maximum Gasteiger partial charge on any atom is 0.408 e. The van der Waals surface area contributed by atoms with Gasteiger partial charge in [0.05, 0.1) is 0 Å². The number of rotatable bonds is 1. The molecule has 0 saturated carbocycles. The summed E-state index contributed by atoms with van der Waals surface area (Å²) in [5.74, 6) is -3.21. The quantitative estimate of drug-likeness (QED) is 0.854. The second kappa shape index (κ2) is 5.47. The third-order valence-electron chi connectivity index (χ3n) is 2.30. The molecule has 1 N–H and O–H groups in total. The summed E-state index contributed by atoms with van der Waals surface area (Å²) in [6, 6.07) is 2.60. The maximum absolute atomic E-state index is 13.6. The van der Waals surface area contributed by atoms with Crippen LogP contribution in [0.4, 0.5) is 13.6 Å². The molecule has 2 rings (SSSR count). The van der Waals surface area contributed by atoms with Crippen LogP contribution in [0.1, 0.15) is 11.6 Å². The monoisotopic (exact) mass is 317 g/mol. The van der Waals surface area contributed by atoms with E-state index in [0.29, 0.717) is 0 Å². The van der Waals surface area contributed by atoms with Gasteiger partial charge < -0.3 is 10.1 Å². The number of benzene rings is 1. The summed E-state index contributed by atoms with van der Waals surface area (Å²) in [4.78, 5) is 11.0. The fourth-order valence-corrected chi connectivity index (χ4v) is 2.12. The smallest absolute Gasteiger partial charge is 0.408 e. The molecule has 1 aliphatic rings. The van der Waals surface area contributed by atoms with Crippen LogP contribution in [0.15, 0.2) is 18.2 Å². The molecule has 3 nitrogen and oxygen atoms in total. The van der Waals surface area contributed by atoms with E-state index in [-0.39, 0.29) is 28.0 Å². The van der Waals surface area contributed by atoms with Crippen molar-refractivity contribution in [3.8, 4) is 0 Å². The molecular formula is C10H8Cl3F2NO2. The molecule has 1 atom stereocenters. The molecule has 1 aromatic rings. The Morgan fingerprint density at radius 2 is 1.83 bits per heavy atom. The minimum absolute atomic E-state index is 0. The van der Waals surface area contributed by atoms with Gasteiger partial charge in [-0.15, -0.1) is 12.4 Å². The van der Waals surface area contributed by atoms with Gasteiger partial charge in [0.2, 0.25) is 0 Å². The van der Waals surface area contributed by atoms with Crippen molar-refractivity contribution < 1.29 is 18.3 Å². The number of alkyl carbamates (subject to hydrolysis) is 1. The van der Waals surface area contributed by atoms with Gasteiger partial charge in [-0.05, 0) is 23.8 Å². The second-order valence-corrected chi connectivity index (χ2v) is 4.49. The molecule has 8 heteroatoms. The lowest BCUT2D eigenvalue weighted by Gasteiger charge is -2.31. The number of ether oxygens (including phenoxy) is 1. The van der Waals surface area contributed by atoms with Gasteiger partial charge in [-0.1, -0.05) is 23.2 Å². The van der Waals surface area contributed by atoms with Crippen LogP contribution in [0.2, 0.25) is 10.0 Å². The Hall–Kier alpha value is -0.780. The predicted molar refractivity (Wildman–Crippen MR) is 65.9 cm³/mol. The number of hydrogen-bond acceptors (Lipinski definition) is 2. The van der Waals surface area contributed by atoms with E-state index in [0.717, 1.165) is 0 Å². The van der Waals surface area contributed by atoms with Crippen LogP contribution >= 0.6 is 35.6 Å². The van der Waals surface area contributed by atoms with Crippen molar-refractivity contribution in [2.75, 3.05) is 6.61 Å². The normalized spacial score (nSPS) is 21.6. The number of alkyl halides is 2. The Kier molecular flexibility index (Phi) is 4.64. The summed E-state index contributed by atoms with van der Waals surface area (Å²) in [6.45, 7) is -0.965. The fourth-order valence-electron chi connectivity index (χ4n) is 1.58. The summed E-state index contributed by atoms with van der Waals surface area (Å²) < 4.78 is 31.4. The number of nitrogens with one attached hydrogen (secondary N) is 1. The van der Waals surface area contributed by atoms with Crippen molar-refractivity contribution in [1.29, 1.82) is 0 Å². The van der Waals surface area contributed by atoms with Crippen molar-refractivity contribution >= 4 is 41.7 Å². The fraction of sp³-hybridized carbons (Fsp3) is 0.300. The van der Waals surface area contributed by atoms with Crippen LogP contribution in [-0.2, 0) is 4.74 Å². The van der Waals surface area contributed by atoms with Crippen LogP contribution < -0.4 is 5.32 Å². The largest absolute Gasteiger partial charge is 0.443 e. The van der Waals surface area contributed by atoms with E-state index >= 15 is 0 Å².